The summed E-state index contributed by atoms with van der Waals surface area (Å²) >= 11 is 0. The van der Waals surface area contributed by atoms with Crippen molar-refractivity contribution in [2.75, 3.05) is 6.61 Å². The number of esters is 3. The van der Waals surface area contributed by atoms with E-state index >= 15 is 0 Å². The summed E-state index contributed by atoms with van der Waals surface area (Å²) in [6.07, 6.45) is 1.36. The number of hydrogen-bond donors (Lipinski definition) is 0. The maximum Gasteiger partial charge on any atom is 0.343 e. The van der Waals surface area contributed by atoms with Crippen LogP contribution in [0.1, 0.15) is 33.6 Å². The zero-order valence-electron chi connectivity index (χ0n) is 17.7. The second kappa shape index (κ2) is 8.36. The number of benzene rings is 2. The number of Topliss-reactive ketones (excluding diaryl/α,β-unsaturated/α-hetero) is 1. The lowest BCUT2D eigenvalue weighted by Gasteiger charge is -2.22. The van der Waals surface area contributed by atoms with E-state index in [1.165, 1.54) is 48.5 Å². The van der Waals surface area contributed by atoms with Gasteiger partial charge in [0, 0.05) is 23.6 Å². The number of nitrogens with zero attached hydrogens (tertiary/aromatic N) is 1. The Labute approximate surface area is 192 Å². The molecule has 1 heterocycles. The van der Waals surface area contributed by atoms with Gasteiger partial charge in [0.15, 0.2) is 12.4 Å². The molecular formula is C24H19NO9. The first kappa shape index (κ1) is 21.7. The van der Waals surface area contributed by atoms with Gasteiger partial charge in [0.05, 0.1) is 22.3 Å². The van der Waals surface area contributed by atoms with Crippen LogP contribution in [0, 0.1) is 33.8 Å². The molecule has 0 aromatic heterocycles. The van der Waals surface area contributed by atoms with Crippen molar-refractivity contribution in [3.05, 3.63) is 69.8 Å². The summed E-state index contributed by atoms with van der Waals surface area (Å²) in [5.41, 5.74) is 0.250. The maximum atomic E-state index is 12.6. The van der Waals surface area contributed by atoms with Gasteiger partial charge in [-0.2, -0.15) is 0 Å². The van der Waals surface area contributed by atoms with E-state index < -0.39 is 41.1 Å². The highest BCUT2D eigenvalue weighted by Crippen LogP contribution is 2.57. The fourth-order valence-corrected chi connectivity index (χ4v) is 5.24. The number of nitro benzene ring substituents is 1. The molecule has 10 heteroatoms. The summed E-state index contributed by atoms with van der Waals surface area (Å²) in [7, 11) is 0. The minimum absolute atomic E-state index is 0.0544. The average Bonchev–Trinajstić information content (AvgIpc) is 3.46. The molecular weight excluding hydrogens is 446 g/mol. The Morgan fingerprint density at radius 3 is 2.35 bits per heavy atom. The second-order valence-electron chi connectivity index (χ2n) is 8.67. The van der Waals surface area contributed by atoms with E-state index in [4.69, 9.17) is 14.2 Å². The molecule has 2 aliphatic carbocycles. The van der Waals surface area contributed by atoms with Crippen LogP contribution in [0.3, 0.4) is 0 Å². The zero-order chi connectivity index (χ0) is 24.0. The van der Waals surface area contributed by atoms with Crippen LogP contribution in [0.5, 0.6) is 5.75 Å². The lowest BCUT2D eigenvalue weighted by Crippen LogP contribution is -2.34. The molecule has 2 saturated carbocycles. The van der Waals surface area contributed by atoms with Gasteiger partial charge in [0.2, 0.25) is 0 Å². The van der Waals surface area contributed by atoms with Crippen LogP contribution < -0.4 is 4.74 Å². The second-order valence-corrected chi connectivity index (χ2v) is 8.67. The van der Waals surface area contributed by atoms with Crippen molar-refractivity contribution in [3.63, 3.8) is 0 Å². The third-order valence-corrected chi connectivity index (χ3v) is 6.80. The van der Waals surface area contributed by atoms with Gasteiger partial charge in [-0.1, -0.05) is 0 Å². The Balaban J connectivity index is 1.15. The quantitative estimate of drug-likeness (QED) is 0.198. The molecule has 34 heavy (non-hydrogen) atoms. The molecule has 1 saturated heterocycles. The van der Waals surface area contributed by atoms with Gasteiger partial charge in [-0.15, -0.1) is 0 Å². The first-order chi connectivity index (χ1) is 16.3. The normalized spacial score (nSPS) is 26.1. The number of ether oxygens (including phenoxy) is 3. The van der Waals surface area contributed by atoms with Crippen molar-refractivity contribution < 1.29 is 38.3 Å². The predicted octanol–water partition coefficient (Wildman–Crippen LogP) is 2.74. The van der Waals surface area contributed by atoms with E-state index in [2.05, 4.69) is 0 Å². The van der Waals surface area contributed by atoms with E-state index in [0.717, 1.165) is 6.42 Å². The highest BCUT2D eigenvalue weighted by molar-refractivity contribution is 5.98. The molecule has 2 aromatic carbocycles. The summed E-state index contributed by atoms with van der Waals surface area (Å²) in [4.78, 5) is 59.4. The molecule has 0 spiro atoms. The van der Waals surface area contributed by atoms with Crippen LogP contribution in [0.2, 0.25) is 0 Å². The molecule has 3 aliphatic rings. The predicted molar refractivity (Wildman–Crippen MR) is 113 cm³/mol. The van der Waals surface area contributed by atoms with Crippen LogP contribution in [-0.4, -0.2) is 41.3 Å². The highest BCUT2D eigenvalue weighted by Gasteiger charge is 2.64. The van der Waals surface area contributed by atoms with Gasteiger partial charge in [-0.05, 0) is 55.2 Å². The Morgan fingerprint density at radius 1 is 1.00 bits per heavy atom. The molecule has 2 aromatic rings. The van der Waals surface area contributed by atoms with Gasteiger partial charge in [0.25, 0.3) is 5.69 Å². The minimum atomic E-state index is -0.707. The van der Waals surface area contributed by atoms with Crippen LogP contribution >= 0.6 is 0 Å². The van der Waals surface area contributed by atoms with E-state index in [-0.39, 0.29) is 46.5 Å². The molecule has 10 nitrogen and oxygen atoms in total. The third-order valence-electron chi connectivity index (χ3n) is 6.80. The zero-order valence-corrected chi connectivity index (χ0v) is 17.7. The molecule has 0 unspecified atom stereocenters. The number of hydrogen-bond acceptors (Lipinski definition) is 9. The average molecular weight is 465 g/mol. The van der Waals surface area contributed by atoms with E-state index in [1.54, 1.807) is 0 Å². The fourth-order valence-electron chi connectivity index (χ4n) is 5.24. The number of nitro groups is 1. The highest BCUT2D eigenvalue weighted by atomic mass is 16.6. The molecule has 2 bridgehead atoms. The Hall–Kier alpha value is -4.08. The smallest absolute Gasteiger partial charge is 0.343 e. The molecule has 5 atom stereocenters. The van der Waals surface area contributed by atoms with Gasteiger partial charge >= 0.3 is 17.9 Å². The van der Waals surface area contributed by atoms with Crippen molar-refractivity contribution in [1.82, 2.24) is 0 Å². The standard InChI is InChI=1S/C24H19NO9/c26-18(11-32-23(28)20-14-9-17-19(10-14)34-24(29)21(17)20)12-3-7-16(8-4-12)33-22(27)13-1-5-15(6-2-13)25(30)31/h1-8,14,17,19-21H,9-11H2/t14-,17+,19+,20-,21+/m1/s1. The summed E-state index contributed by atoms with van der Waals surface area (Å²) in [6.45, 7) is -0.458. The van der Waals surface area contributed by atoms with E-state index in [0.29, 0.717) is 6.42 Å². The molecule has 0 amide bonds. The monoisotopic (exact) mass is 465 g/mol. The Bertz CT molecular complexity index is 1190. The van der Waals surface area contributed by atoms with Crippen molar-refractivity contribution >= 4 is 29.4 Å². The topological polar surface area (TPSA) is 139 Å². The van der Waals surface area contributed by atoms with Gasteiger partial charge < -0.3 is 14.2 Å². The lowest BCUT2D eigenvalue weighted by molar-refractivity contribution is -0.384. The number of carbonyl (C=O) groups is 4. The van der Waals surface area contributed by atoms with Crippen LogP contribution in [-0.2, 0) is 19.1 Å². The summed E-state index contributed by atoms with van der Waals surface area (Å²) in [5, 5.41) is 10.7. The molecule has 5 rings (SSSR count). The molecule has 1 aliphatic heterocycles. The number of carbonyl (C=O) groups excluding carboxylic acids is 4. The van der Waals surface area contributed by atoms with Gasteiger partial charge in [-0.25, -0.2) is 4.79 Å². The van der Waals surface area contributed by atoms with E-state index in [9.17, 15) is 29.3 Å². The summed E-state index contributed by atoms with van der Waals surface area (Å²) in [6, 6.07) is 10.7. The first-order valence-corrected chi connectivity index (χ1v) is 10.8. The maximum absolute atomic E-state index is 12.6. The van der Waals surface area contributed by atoms with E-state index in [1.807, 2.05) is 0 Å². The van der Waals surface area contributed by atoms with Crippen LogP contribution in [0.25, 0.3) is 0 Å². The van der Waals surface area contributed by atoms with Gasteiger partial charge in [0.1, 0.15) is 11.9 Å². The Morgan fingerprint density at radius 2 is 1.68 bits per heavy atom. The van der Waals surface area contributed by atoms with Crippen LogP contribution in [0.4, 0.5) is 5.69 Å². The Kier molecular flexibility index (Phi) is 5.35. The number of rotatable bonds is 7. The lowest BCUT2D eigenvalue weighted by atomic mass is 9.80. The molecule has 0 radical (unpaired) electrons. The summed E-state index contributed by atoms with van der Waals surface area (Å²) < 4.78 is 15.8. The van der Waals surface area contributed by atoms with Crippen LogP contribution in [0.15, 0.2) is 48.5 Å². The SMILES string of the molecule is O=C(COC(=O)[C@@H]1[C@@H]2C[C@@H]3[C@@H]1C(=O)O[C@H]3C2)c1ccc(OC(=O)c2ccc([N+](=O)[O-])cc2)cc1. The number of fused-ring (bicyclic) bond motifs is 1. The van der Waals surface area contributed by atoms with Crippen molar-refractivity contribution in [1.29, 1.82) is 0 Å². The largest absolute Gasteiger partial charge is 0.462 e. The third kappa shape index (κ3) is 3.81. The van der Waals surface area contributed by atoms with Crippen molar-refractivity contribution in [2.24, 2.45) is 23.7 Å². The number of ketones is 1. The first-order valence-electron chi connectivity index (χ1n) is 10.8. The van der Waals surface area contributed by atoms with Crippen molar-refractivity contribution in [3.8, 4) is 5.75 Å². The summed E-state index contributed by atoms with van der Waals surface area (Å²) in [5.74, 6) is -2.74. The number of non-ortho nitro benzene ring substituents is 1. The van der Waals surface area contributed by atoms with Crippen molar-refractivity contribution in [2.45, 2.75) is 18.9 Å². The van der Waals surface area contributed by atoms with Gasteiger partial charge in [-0.3, -0.25) is 24.5 Å². The fraction of sp³-hybridized carbons (Fsp3) is 0.333. The molecule has 0 N–H and O–H groups in total. The molecule has 174 valence electrons. The molecule has 3 fully saturated rings. The minimum Gasteiger partial charge on any atom is -0.462 e.